The van der Waals surface area contributed by atoms with E-state index in [2.05, 4.69) is 41.5 Å². The molecule has 0 saturated carbocycles. The van der Waals surface area contributed by atoms with Crippen molar-refractivity contribution in [1.82, 2.24) is 0 Å². The molecule has 0 bridgehead atoms. The van der Waals surface area contributed by atoms with E-state index in [9.17, 15) is 0 Å². The van der Waals surface area contributed by atoms with Gasteiger partial charge in [0.25, 0.3) is 0 Å². The van der Waals surface area contributed by atoms with Gasteiger partial charge in [-0.1, -0.05) is 64.0 Å². The molecule has 0 aliphatic carbocycles. The second-order valence-electron chi connectivity index (χ2n) is 3.27. The van der Waals surface area contributed by atoms with Crippen LogP contribution in [0.25, 0.3) is 0 Å². The molecule has 799 valence electrons. The summed E-state index contributed by atoms with van der Waals surface area (Å²) in [7, 11) is 0. The summed E-state index contributed by atoms with van der Waals surface area (Å²) in [5, 5.41) is 20.3. The normalized spacial score (nSPS) is 0.794. The maximum Gasteiger partial charge on any atom is 2.00 e. The maximum absolute atomic E-state index is 8.24. The summed E-state index contributed by atoms with van der Waals surface area (Å²) in [4.78, 5) is 24.7. The number of rotatable bonds is 0. The number of hydrogen-bond acceptors (Lipinski definition) is 3. The van der Waals surface area contributed by atoms with Gasteiger partial charge in [-0.25, -0.2) is 0 Å². The first-order valence-corrected chi connectivity index (χ1v) is 4.28. The number of hydrogen-bond donors (Lipinski definition) is 3. The average Bonchev–Trinajstić information content (AvgIpc) is 2.03. The Kier molecular flexibility index (Phi) is 13800. The predicted molar refractivity (Wildman–Crippen MR) is 273 cm³/mol. The summed E-state index contributed by atoms with van der Waals surface area (Å²) in [5.41, 5.74) is 0. The zero-order valence-electron chi connectivity index (χ0n) is 76.1. The third-order valence-corrected chi connectivity index (χ3v) is 0. The van der Waals surface area contributed by atoms with Crippen LogP contribution in [0.15, 0.2) is 0 Å². The van der Waals surface area contributed by atoms with Crippen LogP contribution in [0.1, 0.15) is 86.1 Å². The van der Waals surface area contributed by atoms with E-state index in [0.29, 0.717) is 19.4 Å². The van der Waals surface area contributed by atoms with Crippen molar-refractivity contribution in [3.8, 4) is 0 Å². The van der Waals surface area contributed by atoms with Crippen molar-refractivity contribution in [3.05, 3.63) is 205 Å². The molecule has 93 heteroatoms. The van der Waals surface area contributed by atoms with Gasteiger partial charge in [-0.05, 0) is 0 Å². The minimum absolute atomic E-state index is 0. The van der Waals surface area contributed by atoms with Gasteiger partial charge in [0.2, 0.25) is 0 Å². The summed E-state index contributed by atoms with van der Waals surface area (Å²) < 4.78 is 0. The van der Waals surface area contributed by atoms with Gasteiger partial charge in [0.15, 0.2) is 0 Å². The molecule has 0 rings (SSSR count). The van der Waals surface area contributed by atoms with Crippen molar-refractivity contribution >= 4 is 19.4 Å². The van der Waals surface area contributed by atoms with Crippen LogP contribution in [0.5, 0.6) is 0 Å². The molecule has 21 radical (unpaired) electrons. The molecule has 0 heterocycles. The first kappa shape index (κ1) is 1330. The minimum Gasteiger partial charge on any atom is -0.665 e. The van der Waals surface area contributed by atoms with Crippen LogP contribution < -0.4 is 0 Å². The molecule has 0 atom stereocenters. The Labute approximate surface area is 2340 Å². The maximum atomic E-state index is 8.24. The van der Waals surface area contributed by atoms with Crippen molar-refractivity contribution in [2.45, 2.75) is 86.1 Å². The van der Waals surface area contributed by atoms with Gasteiger partial charge >= 0.3 is 232 Å². The molecule has 0 spiro atoms. The van der Waals surface area contributed by atoms with E-state index in [4.69, 9.17) is 29.7 Å². The molecule has 0 saturated heterocycles. The van der Waals surface area contributed by atoms with Gasteiger partial charge in [-0.3, -0.25) is 0 Å². The zero-order valence-corrected chi connectivity index (χ0v) is 329. The van der Waals surface area contributed by atoms with Gasteiger partial charge < -0.3 is 235 Å². The third-order valence-electron chi connectivity index (χ3n) is 0. The first-order chi connectivity index (χ1) is 7.71. The van der Waals surface area contributed by atoms with E-state index < -0.39 is 0 Å². The quantitative estimate of drug-likeness (QED) is 0.208. The molecule has 0 aromatic rings. The van der Waals surface area contributed by atoms with Crippen LogP contribution in [-0.2, 0) is 2090 Å². The SMILES string of the molecule is C.C.C.C.C.C.C[C-](C)C.C[C-](C)C.O=[C-]O.O=[C-]O.O=[C-]O.[CH3-].[CH3-].[CH3-].[CH3-].[CH3-].[CH3-].[CH3-].[CH3-].[CH3-].[CH3-].[CH3-].[CH3-].[CH3-].[CH3-].[CH3-].[CH3-].[CH3-].[CH3-].[CH3-].[CH3-].[CH3-].[CH3-].[CH3-].[CH3-].[CH3-].[CH3-].[W+2].[W+2].[W+2].[W+2].[W+2].[W+2].[W+2].[W+2].[W+2].[W+2].[W+2].[W].[W].[W].[W].[W].[W].[W].[W].[W].[W].[W].[W].[W].[W].[W].[W].[W].[W].[W].[W].[W].[W].[W].[W].[W].[W].[W].[W].[W].[W].[W].[W].[W].[W].[W].[W].[W].[W].[W].[W].[W].[W].[W].[W].[W].[W].[W].[W].[W].[W].[W].[W].[W].[W].[W].[Y].[Y].[Y].[Y].[Y].[Y].[Y].[Y].[Y].[Y].[Y].[Y].[Y].[Y].[Y].[Y].[Y].[Y].[Y].[Y].[Y]. The summed E-state index contributed by atoms with van der Waals surface area (Å²) in [5.74, 6) is 2.83. The molecule has 0 fully saturated rings. The van der Waals surface area contributed by atoms with E-state index >= 15 is 0 Å². The predicted octanol–water partition coefficient (Wildman–Crippen LogP) is 17.4. The average molecular weight is 14700 g/mol. The van der Waals surface area contributed by atoms with Gasteiger partial charge in [-0.2, -0.15) is 41.5 Å². The summed E-state index contributed by atoms with van der Waals surface area (Å²) in [6.45, 7) is 14.0. The molecule has 0 aliphatic rings. The van der Waals surface area contributed by atoms with E-state index in [1.165, 1.54) is 11.8 Å². The Bertz CT molecular complexity index is 305. The second-order valence-corrected chi connectivity index (χ2v) is 3.27. The van der Waals surface area contributed by atoms with Crippen molar-refractivity contribution < 1.29 is 2110 Å². The second kappa shape index (κ2) is 1410. The van der Waals surface area contributed by atoms with Gasteiger partial charge in [0, 0.05) is 1850 Å². The third kappa shape index (κ3) is 1790. The Morgan fingerprint density at radius 2 is 0.110 bits per heavy atom. The largest absolute Gasteiger partial charge is 2.00 e. The summed E-state index contributed by atoms with van der Waals surface area (Å²) >= 11 is 0. The van der Waals surface area contributed by atoms with Crippen LogP contribution in [0.3, 0.4) is 0 Å². The molecule has 136 heavy (non-hydrogen) atoms. The van der Waals surface area contributed by atoms with Crippen LogP contribution in [-0.4, -0.2) is 34.7 Å². The Balaban J connectivity index is -0.0000000000891. The Morgan fingerprint density at radius 3 is 0.110 bits per heavy atom. The van der Waals surface area contributed by atoms with E-state index in [1.54, 1.807) is 0 Å². The zero-order chi connectivity index (χ0) is 15.3. The molecule has 6 nitrogen and oxygen atoms in total. The van der Waals surface area contributed by atoms with Crippen LogP contribution in [0, 0.1) is 205 Å². The van der Waals surface area contributed by atoms with E-state index in [-0.39, 0.29) is 2310 Å². The minimum atomic E-state index is 0. The molecular weight excluding hydrogens is 14600 g/mol. The molecule has 0 aliphatic heterocycles. The van der Waals surface area contributed by atoms with E-state index in [0.717, 1.165) is 0 Å². The van der Waals surface area contributed by atoms with Gasteiger partial charge in [0.05, 0.1) is 0 Å². The van der Waals surface area contributed by atoms with Crippen LogP contribution in [0.4, 0.5) is 0 Å². The standard InChI is InChI=1S/2C4H9.3CHO2.6CH4.26CH3.66W.21Y/c2*1-4(2)3;3*2-1-3;;;;;;;;;;;;;;;;;;;;;;;;;;;;;;;;;;;;;;;;;;;;;;;;;;;;;;;;;;;;;;;;;;;;;;;;;;;;;;;;;;;;;;;;;;;;;;;;;;;;;;;;;;;;;;;;;;;;;;;/h2*1-3H3;3*(H,2,3);6*1H4;26*1H3;;;;;;;;;;;;;;;;;;;;;;;;;;;;;;;;;;;;;;;;;;;;;;;;;;;;;;;;;;;;;;;;;;;;;;;;;;;;;;;;;;;;;;;/q5*-1;;;;;;;26*-1;;;;;;;;;;;;;;;;;;;;;;;;;;;;;;;;;;;;;;;;;;;;;;;;;;;;;;;;11*+2;;;;;;;;;;;;;;;;;;;;;. The smallest absolute Gasteiger partial charge is 0.665 e. The Hall–Kier alpha value is 67.0. The summed E-state index contributed by atoms with van der Waals surface area (Å²) in [6, 6.07) is 0. The molecule has 0 unspecified atom stereocenters. The van der Waals surface area contributed by atoms with Crippen molar-refractivity contribution in [2.24, 2.45) is 0 Å². The Morgan fingerprint density at radius 1 is 0.110 bits per heavy atom. The van der Waals surface area contributed by atoms with Crippen molar-refractivity contribution in [3.63, 3.8) is 0 Å². The fourth-order valence-electron chi connectivity index (χ4n) is 0. The fraction of sp³-hybridized carbons (Fsp3) is 0.279. The molecular formula is C43H123O6W66Y21-9. The van der Waals surface area contributed by atoms with Crippen molar-refractivity contribution in [1.29, 1.82) is 0 Å². The molecule has 0 aromatic heterocycles. The fourth-order valence-corrected chi connectivity index (χ4v) is 0. The molecule has 3 N–H and O–H groups in total. The monoisotopic (exact) mass is 14700 g/mol. The van der Waals surface area contributed by atoms with Crippen LogP contribution >= 0.6 is 0 Å². The van der Waals surface area contributed by atoms with Gasteiger partial charge in [0.1, 0.15) is 0 Å². The first-order valence-electron chi connectivity index (χ1n) is 4.28. The summed E-state index contributed by atoms with van der Waals surface area (Å²) in [6.07, 6.45) is 0. The number of aliphatic hydroxyl groups excluding tert-OH is 3. The topological polar surface area (TPSA) is 112 Å². The van der Waals surface area contributed by atoms with Gasteiger partial charge in [-0.15, -0.1) is 0 Å². The molecule has 0 amide bonds. The van der Waals surface area contributed by atoms with Crippen LogP contribution in [0.2, 0.25) is 0 Å². The molecule has 0 aromatic carbocycles. The van der Waals surface area contributed by atoms with E-state index in [1.807, 2.05) is 0 Å². The van der Waals surface area contributed by atoms with Crippen molar-refractivity contribution in [2.75, 3.05) is 0 Å².